The number of carbonyl (C=O) groups is 1. The summed E-state index contributed by atoms with van der Waals surface area (Å²) in [4.78, 5) is 13.3. The third-order valence-electron chi connectivity index (χ3n) is 4.06. The molecule has 1 unspecified atom stereocenters. The predicted molar refractivity (Wildman–Crippen MR) is 85.6 cm³/mol. The van der Waals surface area contributed by atoms with Gasteiger partial charge in [-0.2, -0.15) is 0 Å². The molecule has 1 saturated heterocycles. The number of halogens is 1. The quantitative estimate of drug-likeness (QED) is 0.911. The van der Waals surface area contributed by atoms with Gasteiger partial charge in [-0.05, 0) is 37.0 Å². The lowest BCUT2D eigenvalue weighted by Gasteiger charge is -2.34. The van der Waals surface area contributed by atoms with Gasteiger partial charge in [0.2, 0.25) is 5.91 Å². The Balaban J connectivity index is 1.91. The van der Waals surface area contributed by atoms with Crippen molar-refractivity contribution in [1.82, 2.24) is 10.2 Å². The molecule has 1 amide bonds. The summed E-state index contributed by atoms with van der Waals surface area (Å²) in [7, 11) is 0. The van der Waals surface area contributed by atoms with Gasteiger partial charge in [0, 0.05) is 36.6 Å². The zero-order chi connectivity index (χ0) is 14.5. The molecule has 1 aliphatic heterocycles. The van der Waals surface area contributed by atoms with Crippen LogP contribution in [-0.2, 0) is 4.79 Å². The molecule has 110 valence electrons. The number of nitrogens with one attached hydrogen (secondary N) is 1. The van der Waals surface area contributed by atoms with E-state index in [0.29, 0.717) is 12.1 Å². The minimum absolute atomic E-state index is 0.198. The zero-order valence-corrected chi connectivity index (χ0v) is 13.8. The number of carbonyl (C=O) groups excluding carboxylic acids is 1. The Morgan fingerprint density at radius 3 is 2.45 bits per heavy atom. The maximum Gasteiger partial charge on any atom is 0.219 e. The Bertz CT molecular complexity index is 438. The van der Waals surface area contributed by atoms with Crippen LogP contribution in [0.5, 0.6) is 0 Å². The van der Waals surface area contributed by atoms with Crippen molar-refractivity contribution < 1.29 is 4.79 Å². The number of piperidine rings is 1. The first-order valence-electron chi connectivity index (χ1n) is 7.37. The molecule has 20 heavy (non-hydrogen) atoms. The SMILES string of the molecule is CCC(NC1CCN(C(C)=O)CC1)c1ccc(Br)cc1. The summed E-state index contributed by atoms with van der Waals surface area (Å²) in [6.45, 7) is 5.63. The van der Waals surface area contributed by atoms with Crippen molar-refractivity contribution in [2.24, 2.45) is 0 Å². The number of likely N-dealkylation sites (tertiary alicyclic amines) is 1. The fourth-order valence-corrected chi connectivity index (χ4v) is 3.05. The molecule has 4 heteroatoms. The lowest BCUT2D eigenvalue weighted by molar-refractivity contribution is -0.129. The van der Waals surface area contributed by atoms with Crippen LogP contribution in [-0.4, -0.2) is 29.9 Å². The van der Waals surface area contributed by atoms with Crippen LogP contribution in [0.3, 0.4) is 0 Å². The van der Waals surface area contributed by atoms with Gasteiger partial charge in [-0.1, -0.05) is 35.0 Å². The lowest BCUT2D eigenvalue weighted by atomic mass is 9.99. The standard InChI is InChI=1S/C16H23BrN2O/c1-3-16(13-4-6-14(17)7-5-13)18-15-8-10-19(11-9-15)12(2)20/h4-7,15-16,18H,3,8-11H2,1-2H3. The van der Waals surface area contributed by atoms with Crippen LogP contribution < -0.4 is 5.32 Å². The van der Waals surface area contributed by atoms with E-state index in [0.717, 1.165) is 36.8 Å². The molecule has 0 spiro atoms. The number of hydrogen-bond acceptors (Lipinski definition) is 2. The predicted octanol–water partition coefficient (Wildman–Crippen LogP) is 3.50. The highest BCUT2D eigenvalue weighted by Crippen LogP contribution is 2.22. The van der Waals surface area contributed by atoms with E-state index in [1.54, 1.807) is 6.92 Å². The Hall–Kier alpha value is -0.870. The number of rotatable bonds is 4. The number of hydrogen-bond donors (Lipinski definition) is 1. The molecule has 0 saturated carbocycles. The Morgan fingerprint density at radius 1 is 1.35 bits per heavy atom. The zero-order valence-electron chi connectivity index (χ0n) is 12.2. The smallest absolute Gasteiger partial charge is 0.219 e. The molecule has 1 fully saturated rings. The molecule has 1 aromatic rings. The Morgan fingerprint density at radius 2 is 1.95 bits per heavy atom. The molecule has 1 aromatic carbocycles. The van der Waals surface area contributed by atoms with E-state index >= 15 is 0 Å². The van der Waals surface area contributed by atoms with Crippen LogP contribution in [0.15, 0.2) is 28.7 Å². The largest absolute Gasteiger partial charge is 0.343 e. The third kappa shape index (κ3) is 4.06. The van der Waals surface area contributed by atoms with E-state index < -0.39 is 0 Å². The van der Waals surface area contributed by atoms with Crippen LogP contribution in [0.25, 0.3) is 0 Å². The second-order valence-corrected chi connectivity index (χ2v) is 6.38. The van der Waals surface area contributed by atoms with Crippen molar-refractivity contribution in [1.29, 1.82) is 0 Å². The molecule has 1 aliphatic rings. The van der Waals surface area contributed by atoms with E-state index in [1.807, 2.05) is 4.90 Å². The highest BCUT2D eigenvalue weighted by atomic mass is 79.9. The van der Waals surface area contributed by atoms with Gasteiger partial charge in [0.15, 0.2) is 0 Å². The highest BCUT2D eigenvalue weighted by molar-refractivity contribution is 9.10. The molecule has 2 rings (SSSR count). The summed E-state index contributed by atoms with van der Waals surface area (Å²) >= 11 is 3.48. The fraction of sp³-hybridized carbons (Fsp3) is 0.562. The minimum atomic E-state index is 0.198. The molecule has 3 nitrogen and oxygen atoms in total. The molecule has 1 N–H and O–H groups in total. The van der Waals surface area contributed by atoms with Gasteiger partial charge < -0.3 is 10.2 Å². The van der Waals surface area contributed by atoms with Crippen LogP contribution in [0.1, 0.15) is 44.7 Å². The molecular formula is C16H23BrN2O. The third-order valence-corrected chi connectivity index (χ3v) is 4.59. The molecule has 1 atom stereocenters. The average molecular weight is 339 g/mol. The van der Waals surface area contributed by atoms with Crippen LogP contribution in [0.4, 0.5) is 0 Å². The Kier molecular flexibility index (Phi) is 5.61. The van der Waals surface area contributed by atoms with Crippen molar-refractivity contribution >= 4 is 21.8 Å². The molecule has 1 heterocycles. The second kappa shape index (κ2) is 7.23. The first kappa shape index (κ1) is 15.5. The molecule has 0 aromatic heterocycles. The summed E-state index contributed by atoms with van der Waals surface area (Å²) < 4.78 is 1.12. The van der Waals surface area contributed by atoms with Crippen molar-refractivity contribution in [3.63, 3.8) is 0 Å². The van der Waals surface area contributed by atoms with Crippen molar-refractivity contribution in [2.45, 2.75) is 45.2 Å². The van der Waals surface area contributed by atoms with Crippen LogP contribution in [0, 0.1) is 0 Å². The summed E-state index contributed by atoms with van der Waals surface area (Å²) in [6, 6.07) is 9.46. The van der Waals surface area contributed by atoms with Gasteiger partial charge in [0.25, 0.3) is 0 Å². The fourth-order valence-electron chi connectivity index (χ4n) is 2.79. The number of benzene rings is 1. The van der Waals surface area contributed by atoms with Crippen LogP contribution >= 0.6 is 15.9 Å². The Labute approximate surface area is 129 Å². The minimum Gasteiger partial charge on any atom is -0.343 e. The highest BCUT2D eigenvalue weighted by Gasteiger charge is 2.22. The van der Waals surface area contributed by atoms with Crippen LogP contribution in [0.2, 0.25) is 0 Å². The summed E-state index contributed by atoms with van der Waals surface area (Å²) in [6.07, 6.45) is 3.17. The summed E-state index contributed by atoms with van der Waals surface area (Å²) in [5.74, 6) is 0.198. The first-order valence-corrected chi connectivity index (χ1v) is 8.16. The number of nitrogens with zero attached hydrogens (tertiary/aromatic N) is 1. The van der Waals surface area contributed by atoms with Gasteiger partial charge in [0.05, 0.1) is 0 Å². The second-order valence-electron chi connectivity index (χ2n) is 5.46. The first-order chi connectivity index (χ1) is 9.60. The maximum absolute atomic E-state index is 11.3. The van der Waals surface area contributed by atoms with E-state index in [4.69, 9.17) is 0 Å². The molecular weight excluding hydrogens is 316 g/mol. The van der Waals surface area contributed by atoms with Gasteiger partial charge in [-0.25, -0.2) is 0 Å². The lowest BCUT2D eigenvalue weighted by Crippen LogP contribution is -2.45. The molecule has 0 bridgehead atoms. The van der Waals surface area contributed by atoms with Crippen molar-refractivity contribution in [3.05, 3.63) is 34.3 Å². The van der Waals surface area contributed by atoms with Gasteiger partial charge >= 0.3 is 0 Å². The van der Waals surface area contributed by atoms with E-state index in [2.05, 4.69) is 52.4 Å². The monoisotopic (exact) mass is 338 g/mol. The molecule has 0 radical (unpaired) electrons. The summed E-state index contributed by atoms with van der Waals surface area (Å²) in [5.41, 5.74) is 1.34. The normalized spacial score (nSPS) is 18.1. The maximum atomic E-state index is 11.3. The van der Waals surface area contributed by atoms with Crippen molar-refractivity contribution in [2.75, 3.05) is 13.1 Å². The average Bonchev–Trinajstić information content (AvgIpc) is 2.46. The van der Waals surface area contributed by atoms with Gasteiger partial charge in [0.1, 0.15) is 0 Å². The van der Waals surface area contributed by atoms with E-state index in [-0.39, 0.29) is 5.91 Å². The van der Waals surface area contributed by atoms with Gasteiger partial charge in [-0.3, -0.25) is 4.79 Å². The van der Waals surface area contributed by atoms with Crippen molar-refractivity contribution in [3.8, 4) is 0 Å². The van der Waals surface area contributed by atoms with Gasteiger partial charge in [-0.15, -0.1) is 0 Å². The number of amides is 1. The molecule has 0 aliphatic carbocycles. The summed E-state index contributed by atoms with van der Waals surface area (Å²) in [5, 5.41) is 3.75. The topological polar surface area (TPSA) is 32.3 Å². The van der Waals surface area contributed by atoms with E-state index in [1.165, 1.54) is 5.56 Å². The van der Waals surface area contributed by atoms with E-state index in [9.17, 15) is 4.79 Å².